The average Bonchev–Trinajstić information content (AvgIpc) is 2.26. The zero-order chi connectivity index (χ0) is 14.2. The number of benzene rings is 2. The predicted molar refractivity (Wildman–Crippen MR) is 88.9 cm³/mol. The van der Waals surface area contributed by atoms with E-state index < -0.39 is 14.3 Å². The van der Waals surface area contributed by atoms with E-state index in [2.05, 4.69) is 70.7 Å². The Morgan fingerprint density at radius 3 is 1.58 bits per heavy atom. The quantitative estimate of drug-likeness (QED) is 0.747. The fraction of sp³-hybridized carbons (Fsp3) is 0.333. The van der Waals surface area contributed by atoms with E-state index in [0.717, 1.165) is 0 Å². The van der Waals surface area contributed by atoms with Crippen LogP contribution in [0.15, 0.2) is 30.3 Å². The van der Waals surface area contributed by atoms with Crippen molar-refractivity contribution in [2.75, 3.05) is 0 Å². The van der Waals surface area contributed by atoms with Crippen molar-refractivity contribution in [1.82, 2.24) is 0 Å². The van der Waals surface area contributed by atoms with Gasteiger partial charge in [0.1, 0.15) is 0 Å². The molecule has 19 heavy (non-hydrogen) atoms. The molecular formula is C18H24Ge. The van der Waals surface area contributed by atoms with Gasteiger partial charge in [-0.25, -0.2) is 0 Å². The SMILES string of the molecule is Cc1cc(C)[c]([GeH]([CH3])[c]2c(C)cccc2C)c(C)c1. The molecule has 2 rings (SSSR count). The van der Waals surface area contributed by atoms with E-state index >= 15 is 0 Å². The Morgan fingerprint density at radius 1 is 0.684 bits per heavy atom. The zero-order valence-electron chi connectivity index (χ0n) is 13.0. The second-order valence-electron chi connectivity index (χ2n) is 5.84. The van der Waals surface area contributed by atoms with Crippen molar-refractivity contribution < 1.29 is 0 Å². The Kier molecular flexibility index (Phi) is 4.20. The van der Waals surface area contributed by atoms with Crippen LogP contribution in [-0.4, -0.2) is 14.3 Å². The summed E-state index contributed by atoms with van der Waals surface area (Å²) in [5, 5.41) is 0. The topological polar surface area (TPSA) is 0 Å². The minimum atomic E-state index is -1.64. The van der Waals surface area contributed by atoms with Crippen molar-refractivity contribution in [2.45, 2.75) is 40.4 Å². The fourth-order valence-electron chi connectivity index (χ4n) is 3.53. The summed E-state index contributed by atoms with van der Waals surface area (Å²) in [6, 6.07) is 11.4. The van der Waals surface area contributed by atoms with Crippen molar-refractivity contribution in [1.29, 1.82) is 0 Å². The van der Waals surface area contributed by atoms with Crippen LogP contribution in [0.2, 0.25) is 5.76 Å². The van der Waals surface area contributed by atoms with Gasteiger partial charge in [-0.2, -0.15) is 0 Å². The molecule has 0 heterocycles. The summed E-state index contributed by atoms with van der Waals surface area (Å²) in [5.41, 5.74) is 7.33. The van der Waals surface area contributed by atoms with Gasteiger partial charge in [0.2, 0.25) is 0 Å². The third-order valence-electron chi connectivity index (χ3n) is 4.15. The van der Waals surface area contributed by atoms with Gasteiger partial charge in [-0.3, -0.25) is 0 Å². The van der Waals surface area contributed by atoms with Gasteiger partial charge < -0.3 is 0 Å². The van der Waals surface area contributed by atoms with E-state index in [-0.39, 0.29) is 0 Å². The molecule has 1 heteroatoms. The molecule has 2 aromatic carbocycles. The molecule has 0 aliphatic rings. The van der Waals surface area contributed by atoms with E-state index in [0.29, 0.717) is 0 Å². The molecular weight excluding hydrogens is 289 g/mol. The summed E-state index contributed by atoms with van der Waals surface area (Å²) < 4.78 is 3.35. The van der Waals surface area contributed by atoms with Gasteiger partial charge in [-0.15, -0.1) is 0 Å². The van der Waals surface area contributed by atoms with Gasteiger partial charge in [0.25, 0.3) is 0 Å². The van der Waals surface area contributed by atoms with E-state index in [9.17, 15) is 0 Å². The second kappa shape index (κ2) is 5.54. The molecule has 1 atom stereocenters. The van der Waals surface area contributed by atoms with E-state index in [1.165, 1.54) is 27.8 Å². The van der Waals surface area contributed by atoms with Crippen molar-refractivity contribution in [2.24, 2.45) is 0 Å². The summed E-state index contributed by atoms with van der Waals surface area (Å²) in [6.45, 7) is 11.3. The molecule has 100 valence electrons. The summed E-state index contributed by atoms with van der Waals surface area (Å²) in [5.74, 6) is 2.52. The second-order valence-corrected chi connectivity index (χ2v) is 11.3. The Bertz CT molecular complexity index is 568. The monoisotopic (exact) mass is 314 g/mol. The summed E-state index contributed by atoms with van der Waals surface area (Å²) in [4.78, 5) is 0. The van der Waals surface area contributed by atoms with E-state index in [1.807, 2.05) is 0 Å². The third kappa shape index (κ3) is 2.79. The van der Waals surface area contributed by atoms with Crippen LogP contribution < -0.4 is 8.79 Å². The first-order chi connectivity index (χ1) is 8.91. The normalized spacial score (nSPS) is 12.5. The predicted octanol–water partition coefficient (Wildman–Crippen LogP) is 3.20. The minimum absolute atomic E-state index is 1.38. The van der Waals surface area contributed by atoms with Crippen LogP contribution in [-0.2, 0) is 0 Å². The number of hydrogen-bond donors (Lipinski definition) is 0. The molecule has 1 unspecified atom stereocenters. The van der Waals surface area contributed by atoms with Crippen LogP contribution in [0.5, 0.6) is 0 Å². The first kappa shape index (κ1) is 14.4. The van der Waals surface area contributed by atoms with Crippen molar-refractivity contribution in [3.05, 3.63) is 58.1 Å². The molecule has 0 fully saturated rings. The average molecular weight is 313 g/mol. The van der Waals surface area contributed by atoms with Crippen LogP contribution in [0.1, 0.15) is 27.8 Å². The van der Waals surface area contributed by atoms with E-state index in [1.54, 1.807) is 8.79 Å². The van der Waals surface area contributed by atoms with Gasteiger partial charge >= 0.3 is 122 Å². The Hall–Kier alpha value is -1.02. The van der Waals surface area contributed by atoms with Crippen LogP contribution in [0.3, 0.4) is 0 Å². The molecule has 0 aromatic heterocycles. The molecule has 0 aliphatic heterocycles. The van der Waals surface area contributed by atoms with E-state index in [4.69, 9.17) is 0 Å². The molecule has 0 bridgehead atoms. The molecule has 0 N–H and O–H groups in total. The van der Waals surface area contributed by atoms with Crippen LogP contribution in [0.25, 0.3) is 0 Å². The Morgan fingerprint density at radius 2 is 1.11 bits per heavy atom. The molecule has 2 aromatic rings. The fourth-order valence-corrected chi connectivity index (χ4v) is 10.6. The van der Waals surface area contributed by atoms with Crippen LogP contribution >= 0.6 is 0 Å². The molecule has 0 nitrogen and oxygen atoms in total. The maximum absolute atomic E-state index is 2.52. The first-order valence-electron chi connectivity index (χ1n) is 7.05. The molecule has 0 radical (unpaired) electrons. The maximum atomic E-state index is 2.52. The van der Waals surface area contributed by atoms with Crippen LogP contribution in [0, 0.1) is 34.6 Å². The van der Waals surface area contributed by atoms with Crippen molar-refractivity contribution >= 4 is 23.1 Å². The Balaban J connectivity index is 2.60. The standard InChI is InChI=1S/C18H24Ge/c1-12-10-15(4)18(16(5)11-12)19(6)17-13(2)8-7-9-14(17)3/h7-11,19H,1-6H3. The molecule has 0 saturated carbocycles. The molecule has 0 spiro atoms. The summed E-state index contributed by atoms with van der Waals surface area (Å²) in [6.07, 6.45) is 0. The van der Waals surface area contributed by atoms with Gasteiger partial charge in [0.15, 0.2) is 0 Å². The zero-order valence-corrected chi connectivity index (χ0v) is 15.4. The number of hydrogen-bond acceptors (Lipinski definition) is 0. The number of aryl methyl sites for hydroxylation is 5. The van der Waals surface area contributed by atoms with Gasteiger partial charge in [-0.1, -0.05) is 0 Å². The van der Waals surface area contributed by atoms with Crippen molar-refractivity contribution in [3.8, 4) is 0 Å². The first-order valence-corrected chi connectivity index (χ1v) is 11.9. The van der Waals surface area contributed by atoms with Gasteiger partial charge in [0.05, 0.1) is 0 Å². The van der Waals surface area contributed by atoms with Gasteiger partial charge in [-0.05, 0) is 0 Å². The third-order valence-corrected chi connectivity index (χ3v) is 11.6. The molecule has 0 aliphatic carbocycles. The molecule has 0 amide bonds. The van der Waals surface area contributed by atoms with Crippen LogP contribution in [0.4, 0.5) is 0 Å². The Labute approximate surface area is 122 Å². The molecule has 0 saturated heterocycles. The van der Waals surface area contributed by atoms with Gasteiger partial charge in [0, 0.05) is 0 Å². The summed E-state index contributed by atoms with van der Waals surface area (Å²) >= 11 is -1.64. The number of rotatable bonds is 2. The summed E-state index contributed by atoms with van der Waals surface area (Å²) in [7, 11) is 0. The van der Waals surface area contributed by atoms with Crippen molar-refractivity contribution in [3.63, 3.8) is 0 Å².